The van der Waals surface area contributed by atoms with Crippen LogP contribution in [0.25, 0.3) is 0 Å². The highest BCUT2D eigenvalue weighted by molar-refractivity contribution is 4.86. The molecule has 1 unspecified atom stereocenters. The molecule has 0 bridgehead atoms. The molecule has 1 rings (SSSR count). The monoisotopic (exact) mass is 168 g/mol. The fourth-order valence-electron chi connectivity index (χ4n) is 1.38. The maximum absolute atomic E-state index is 3.17. The van der Waals surface area contributed by atoms with Gasteiger partial charge in [-0.25, -0.2) is 0 Å². The van der Waals surface area contributed by atoms with E-state index < -0.39 is 0 Å². The van der Waals surface area contributed by atoms with E-state index in [0.29, 0.717) is 0 Å². The molecule has 1 heterocycles. The second-order valence-electron chi connectivity index (χ2n) is 3.65. The van der Waals surface area contributed by atoms with Gasteiger partial charge in [-0.3, -0.25) is 0 Å². The Labute approximate surface area is 75.6 Å². The van der Waals surface area contributed by atoms with Crippen LogP contribution < -0.4 is 5.32 Å². The predicted molar refractivity (Wildman–Crippen MR) is 52.5 cm³/mol. The third kappa shape index (κ3) is 3.16. The third-order valence-corrected chi connectivity index (χ3v) is 2.54. The lowest BCUT2D eigenvalue weighted by molar-refractivity contribution is 0.359. The standard InChI is InChI=1S/C10H20N2/c1-3-10(2)5-4-7-12-8-6-11-9-12/h6,8,10-11H,3-5,7,9H2,1-2H3. The molecule has 0 saturated heterocycles. The molecule has 0 saturated carbocycles. The second kappa shape index (κ2) is 5.07. The molecule has 0 aromatic heterocycles. The van der Waals surface area contributed by atoms with Crippen molar-refractivity contribution < 1.29 is 0 Å². The molecule has 2 heteroatoms. The van der Waals surface area contributed by atoms with Gasteiger partial charge in [-0.15, -0.1) is 0 Å². The zero-order chi connectivity index (χ0) is 8.81. The van der Waals surface area contributed by atoms with Crippen molar-refractivity contribution in [3.05, 3.63) is 12.4 Å². The molecule has 0 radical (unpaired) electrons. The maximum Gasteiger partial charge on any atom is 0.0867 e. The first-order valence-corrected chi connectivity index (χ1v) is 4.97. The largest absolute Gasteiger partial charge is 0.373 e. The SMILES string of the molecule is CCC(C)CCCN1C=CNC1. The van der Waals surface area contributed by atoms with E-state index in [0.717, 1.165) is 12.6 Å². The van der Waals surface area contributed by atoms with Crippen LogP contribution in [-0.2, 0) is 0 Å². The van der Waals surface area contributed by atoms with Gasteiger partial charge in [0.25, 0.3) is 0 Å². The lowest BCUT2D eigenvalue weighted by atomic mass is 10.0. The van der Waals surface area contributed by atoms with Gasteiger partial charge < -0.3 is 10.2 Å². The van der Waals surface area contributed by atoms with E-state index in [1.165, 1.54) is 25.8 Å². The summed E-state index contributed by atoms with van der Waals surface area (Å²) in [5.74, 6) is 0.893. The van der Waals surface area contributed by atoms with Gasteiger partial charge in [-0.05, 0) is 18.8 Å². The maximum atomic E-state index is 3.17. The Balaban J connectivity index is 1.98. The van der Waals surface area contributed by atoms with Crippen molar-refractivity contribution in [2.75, 3.05) is 13.2 Å². The average molecular weight is 168 g/mol. The molecule has 0 fully saturated rings. The van der Waals surface area contributed by atoms with Crippen LogP contribution in [0.3, 0.4) is 0 Å². The van der Waals surface area contributed by atoms with Crippen LogP contribution >= 0.6 is 0 Å². The number of nitrogens with zero attached hydrogens (tertiary/aromatic N) is 1. The minimum Gasteiger partial charge on any atom is -0.373 e. The number of nitrogens with one attached hydrogen (secondary N) is 1. The summed E-state index contributed by atoms with van der Waals surface area (Å²) in [7, 11) is 0. The molecule has 0 aromatic carbocycles. The summed E-state index contributed by atoms with van der Waals surface area (Å²) in [6.45, 7) is 6.80. The molecule has 70 valence electrons. The molecule has 2 nitrogen and oxygen atoms in total. The minimum absolute atomic E-state index is 0.893. The lowest BCUT2D eigenvalue weighted by Gasteiger charge is -2.15. The molecular formula is C10H20N2. The Kier molecular flexibility index (Phi) is 3.98. The van der Waals surface area contributed by atoms with Crippen LogP contribution in [0.2, 0.25) is 0 Å². The van der Waals surface area contributed by atoms with Crippen LogP contribution in [0.4, 0.5) is 0 Å². The normalized spacial score (nSPS) is 18.0. The second-order valence-corrected chi connectivity index (χ2v) is 3.65. The van der Waals surface area contributed by atoms with Crippen LogP contribution in [0.5, 0.6) is 0 Å². The summed E-state index contributed by atoms with van der Waals surface area (Å²) >= 11 is 0. The Bertz CT molecular complexity index is 143. The fraction of sp³-hybridized carbons (Fsp3) is 0.800. The Morgan fingerprint density at radius 2 is 2.42 bits per heavy atom. The van der Waals surface area contributed by atoms with Gasteiger partial charge in [-0.1, -0.05) is 20.3 Å². The quantitative estimate of drug-likeness (QED) is 0.676. The molecule has 0 aliphatic carbocycles. The highest BCUT2D eigenvalue weighted by Gasteiger charge is 2.03. The molecule has 0 aromatic rings. The van der Waals surface area contributed by atoms with Crippen LogP contribution in [-0.4, -0.2) is 18.1 Å². The predicted octanol–water partition coefficient (Wildman–Crippen LogP) is 2.15. The smallest absolute Gasteiger partial charge is 0.0867 e. The fourth-order valence-corrected chi connectivity index (χ4v) is 1.38. The molecule has 1 N–H and O–H groups in total. The topological polar surface area (TPSA) is 15.3 Å². The van der Waals surface area contributed by atoms with Gasteiger partial charge in [0.2, 0.25) is 0 Å². The summed E-state index contributed by atoms with van der Waals surface area (Å²) in [5.41, 5.74) is 0. The van der Waals surface area contributed by atoms with E-state index in [2.05, 4.69) is 30.3 Å². The Morgan fingerprint density at radius 1 is 1.58 bits per heavy atom. The van der Waals surface area contributed by atoms with Gasteiger partial charge in [-0.2, -0.15) is 0 Å². The summed E-state index contributed by atoms with van der Waals surface area (Å²) in [6, 6.07) is 0. The van der Waals surface area contributed by atoms with E-state index in [-0.39, 0.29) is 0 Å². The van der Waals surface area contributed by atoms with Crippen molar-refractivity contribution in [2.45, 2.75) is 33.1 Å². The van der Waals surface area contributed by atoms with E-state index in [1.54, 1.807) is 0 Å². The van der Waals surface area contributed by atoms with Gasteiger partial charge in [0.15, 0.2) is 0 Å². The van der Waals surface area contributed by atoms with Crippen molar-refractivity contribution in [2.24, 2.45) is 5.92 Å². The van der Waals surface area contributed by atoms with E-state index in [1.807, 2.05) is 6.20 Å². The number of hydrogen-bond acceptors (Lipinski definition) is 2. The average Bonchev–Trinajstić information content (AvgIpc) is 2.57. The van der Waals surface area contributed by atoms with Crippen molar-refractivity contribution >= 4 is 0 Å². The molecule has 1 aliphatic rings. The first kappa shape index (κ1) is 9.43. The first-order valence-electron chi connectivity index (χ1n) is 4.97. The molecule has 0 spiro atoms. The van der Waals surface area contributed by atoms with Gasteiger partial charge in [0.05, 0.1) is 6.67 Å². The zero-order valence-corrected chi connectivity index (χ0v) is 8.21. The Hall–Kier alpha value is -0.660. The molecule has 1 atom stereocenters. The van der Waals surface area contributed by atoms with Crippen molar-refractivity contribution in [1.29, 1.82) is 0 Å². The number of hydrogen-bond donors (Lipinski definition) is 1. The lowest BCUT2D eigenvalue weighted by Crippen LogP contribution is -2.21. The van der Waals surface area contributed by atoms with Gasteiger partial charge >= 0.3 is 0 Å². The Morgan fingerprint density at radius 3 is 3.00 bits per heavy atom. The first-order chi connectivity index (χ1) is 5.83. The molecular weight excluding hydrogens is 148 g/mol. The van der Waals surface area contributed by atoms with Crippen LogP contribution in [0, 0.1) is 5.92 Å². The third-order valence-electron chi connectivity index (χ3n) is 2.54. The summed E-state index contributed by atoms with van der Waals surface area (Å²) in [6.07, 6.45) is 8.15. The van der Waals surface area contributed by atoms with Crippen molar-refractivity contribution in [3.8, 4) is 0 Å². The molecule has 0 amide bonds. The van der Waals surface area contributed by atoms with Crippen molar-refractivity contribution in [3.63, 3.8) is 0 Å². The molecule has 12 heavy (non-hydrogen) atoms. The summed E-state index contributed by atoms with van der Waals surface area (Å²) in [4.78, 5) is 2.32. The minimum atomic E-state index is 0.893. The zero-order valence-electron chi connectivity index (χ0n) is 8.21. The van der Waals surface area contributed by atoms with Gasteiger partial charge in [0.1, 0.15) is 0 Å². The van der Waals surface area contributed by atoms with Crippen LogP contribution in [0.15, 0.2) is 12.4 Å². The molecule has 1 aliphatic heterocycles. The summed E-state index contributed by atoms with van der Waals surface area (Å²) in [5, 5.41) is 3.17. The van der Waals surface area contributed by atoms with Crippen molar-refractivity contribution in [1.82, 2.24) is 10.2 Å². The van der Waals surface area contributed by atoms with E-state index in [9.17, 15) is 0 Å². The van der Waals surface area contributed by atoms with Gasteiger partial charge in [0, 0.05) is 18.9 Å². The highest BCUT2D eigenvalue weighted by atomic mass is 15.2. The highest BCUT2D eigenvalue weighted by Crippen LogP contribution is 2.10. The van der Waals surface area contributed by atoms with Crippen LogP contribution in [0.1, 0.15) is 33.1 Å². The van der Waals surface area contributed by atoms with E-state index >= 15 is 0 Å². The number of rotatable bonds is 5. The summed E-state index contributed by atoms with van der Waals surface area (Å²) < 4.78 is 0. The van der Waals surface area contributed by atoms with E-state index in [4.69, 9.17) is 0 Å².